The number of carbonyl (C=O) groups is 2. The summed E-state index contributed by atoms with van der Waals surface area (Å²) in [5.41, 5.74) is 0. The Morgan fingerprint density at radius 2 is 2.04 bits per heavy atom. The van der Waals surface area contributed by atoms with Crippen LogP contribution in [0.4, 0.5) is 5.95 Å². The van der Waals surface area contributed by atoms with Crippen molar-refractivity contribution in [2.45, 2.75) is 38.5 Å². The zero-order valence-electron chi connectivity index (χ0n) is 14.9. The van der Waals surface area contributed by atoms with Crippen LogP contribution >= 0.6 is 23.7 Å². The predicted octanol–water partition coefficient (Wildman–Crippen LogP) is 2.68. The number of thiophene rings is 1. The summed E-state index contributed by atoms with van der Waals surface area (Å²) < 4.78 is 1.60. The van der Waals surface area contributed by atoms with Crippen molar-refractivity contribution in [1.29, 1.82) is 0 Å². The van der Waals surface area contributed by atoms with E-state index in [4.69, 9.17) is 0 Å². The van der Waals surface area contributed by atoms with Gasteiger partial charge in [-0.05, 0) is 45.0 Å². The van der Waals surface area contributed by atoms with E-state index in [0.717, 1.165) is 36.6 Å². The minimum atomic E-state index is -0.214. The molecule has 2 aromatic heterocycles. The minimum absolute atomic E-state index is 0. The molecule has 2 aromatic rings. The summed E-state index contributed by atoms with van der Waals surface area (Å²) >= 11 is 1.46. The Hall–Kier alpha value is -1.77. The molecule has 1 saturated heterocycles. The van der Waals surface area contributed by atoms with Crippen LogP contribution < -0.4 is 10.6 Å². The first-order valence-electron chi connectivity index (χ1n) is 8.54. The smallest absolute Gasteiger partial charge is 0.227 e. The molecule has 2 N–H and O–H groups in total. The maximum atomic E-state index is 12.1. The first-order valence-corrected chi connectivity index (χ1v) is 9.35. The molecule has 0 aliphatic carbocycles. The molecular formula is C17H24ClN5O2S. The fraction of sp³-hybridized carbons (Fsp3) is 0.529. The maximum absolute atomic E-state index is 12.1. The Kier molecular flexibility index (Phi) is 7.31. The Labute approximate surface area is 163 Å². The van der Waals surface area contributed by atoms with Crippen molar-refractivity contribution in [2.75, 3.05) is 18.4 Å². The van der Waals surface area contributed by atoms with E-state index in [1.807, 2.05) is 19.1 Å². The number of halogens is 1. The third-order valence-electron chi connectivity index (χ3n) is 4.33. The van der Waals surface area contributed by atoms with Gasteiger partial charge < -0.3 is 5.32 Å². The highest BCUT2D eigenvalue weighted by Crippen LogP contribution is 2.23. The van der Waals surface area contributed by atoms with Gasteiger partial charge in [0.2, 0.25) is 11.9 Å². The van der Waals surface area contributed by atoms with Gasteiger partial charge in [-0.15, -0.1) is 23.7 Å². The standard InChI is InChI=1S/C17H23N5O2S.ClH/c1-11-3-5-14(25-11)13(23)4-6-15(24)19-17-20-16(21-22(17)2)12-7-9-18-10-8-12;/h3,5,12,18H,4,6-10H2,1-2H3,(H,19,20,21,24);1H. The molecule has 0 radical (unpaired) electrons. The average molecular weight is 398 g/mol. The average Bonchev–Trinajstić information content (AvgIpc) is 3.20. The largest absolute Gasteiger partial charge is 0.317 e. The zero-order chi connectivity index (χ0) is 17.8. The van der Waals surface area contributed by atoms with Crippen LogP contribution in [0.25, 0.3) is 0 Å². The molecule has 0 aromatic carbocycles. The maximum Gasteiger partial charge on any atom is 0.227 e. The Balaban J connectivity index is 0.00000243. The van der Waals surface area contributed by atoms with Crippen LogP contribution in [0.3, 0.4) is 0 Å². The SMILES string of the molecule is Cc1ccc(C(=O)CCC(=O)Nc2nc(C3CCNCC3)nn2C)s1.Cl. The van der Waals surface area contributed by atoms with Crippen LogP contribution in [-0.2, 0) is 11.8 Å². The highest BCUT2D eigenvalue weighted by atomic mass is 35.5. The first kappa shape index (κ1) is 20.5. The Morgan fingerprint density at radius 3 is 2.69 bits per heavy atom. The number of Topliss-reactive ketones (excluding diaryl/α,β-unsaturated/α-hetero) is 1. The summed E-state index contributed by atoms with van der Waals surface area (Å²) in [4.78, 5) is 30.5. The number of aryl methyl sites for hydroxylation is 2. The molecule has 7 nitrogen and oxygen atoms in total. The van der Waals surface area contributed by atoms with Gasteiger partial charge in [0.15, 0.2) is 11.6 Å². The van der Waals surface area contributed by atoms with Crippen molar-refractivity contribution in [1.82, 2.24) is 20.1 Å². The van der Waals surface area contributed by atoms with E-state index in [2.05, 4.69) is 20.7 Å². The molecule has 1 amide bonds. The van der Waals surface area contributed by atoms with Gasteiger partial charge in [0.05, 0.1) is 4.88 Å². The number of carbonyl (C=O) groups excluding carboxylic acids is 2. The lowest BCUT2D eigenvalue weighted by atomic mass is 9.98. The summed E-state index contributed by atoms with van der Waals surface area (Å²) in [5, 5.41) is 10.5. The molecule has 0 bridgehead atoms. The second-order valence-corrected chi connectivity index (χ2v) is 7.61. The lowest BCUT2D eigenvalue weighted by molar-refractivity contribution is -0.116. The van der Waals surface area contributed by atoms with E-state index in [9.17, 15) is 9.59 Å². The summed E-state index contributed by atoms with van der Waals surface area (Å²) in [6.45, 7) is 3.89. The topological polar surface area (TPSA) is 88.9 Å². The number of anilines is 1. The molecule has 1 aliphatic heterocycles. The zero-order valence-corrected chi connectivity index (χ0v) is 16.6. The predicted molar refractivity (Wildman–Crippen MR) is 104 cm³/mol. The van der Waals surface area contributed by atoms with Crippen molar-refractivity contribution < 1.29 is 9.59 Å². The number of amides is 1. The number of hydrogen-bond donors (Lipinski definition) is 2. The number of ketones is 1. The van der Waals surface area contributed by atoms with Crippen LogP contribution in [-0.4, -0.2) is 39.5 Å². The van der Waals surface area contributed by atoms with E-state index in [1.165, 1.54) is 11.3 Å². The van der Waals surface area contributed by atoms with Crippen molar-refractivity contribution in [3.05, 3.63) is 27.7 Å². The highest BCUT2D eigenvalue weighted by Gasteiger charge is 2.21. The lowest BCUT2D eigenvalue weighted by Crippen LogP contribution is -2.27. The summed E-state index contributed by atoms with van der Waals surface area (Å²) in [7, 11) is 1.77. The first-order chi connectivity index (χ1) is 12.0. The van der Waals surface area contributed by atoms with Gasteiger partial charge in [-0.2, -0.15) is 10.1 Å². The second kappa shape index (κ2) is 9.25. The fourth-order valence-corrected chi connectivity index (χ4v) is 3.72. The summed E-state index contributed by atoms with van der Waals surface area (Å²) in [6, 6.07) is 3.73. The normalized spacial score (nSPS) is 14.7. The number of aromatic nitrogens is 3. The molecular weight excluding hydrogens is 374 g/mol. The van der Waals surface area contributed by atoms with E-state index in [0.29, 0.717) is 16.7 Å². The van der Waals surface area contributed by atoms with Crippen LogP contribution in [0.1, 0.15) is 52.0 Å². The van der Waals surface area contributed by atoms with Gasteiger partial charge in [-0.1, -0.05) is 0 Å². The van der Waals surface area contributed by atoms with Crippen molar-refractivity contribution >= 4 is 41.4 Å². The Bertz CT molecular complexity index is 767. The van der Waals surface area contributed by atoms with Crippen molar-refractivity contribution in [3.8, 4) is 0 Å². The molecule has 1 aliphatic rings. The number of rotatable bonds is 6. The van der Waals surface area contributed by atoms with Gasteiger partial charge >= 0.3 is 0 Å². The van der Waals surface area contributed by atoms with Gasteiger partial charge in [-0.25, -0.2) is 4.68 Å². The van der Waals surface area contributed by atoms with Gasteiger partial charge in [0, 0.05) is 30.7 Å². The number of nitrogens with zero attached hydrogens (tertiary/aromatic N) is 3. The number of nitrogens with one attached hydrogen (secondary N) is 2. The monoisotopic (exact) mass is 397 g/mol. The van der Waals surface area contributed by atoms with Crippen LogP contribution in [0.15, 0.2) is 12.1 Å². The van der Waals surface area contributed by atoms with Crippen molar-refractivity contribution in [2.24, 2.45) is 7.05 Å². The molecule has 142 valence electrons. The molecule has 1 fully saturated rings. The summed E-state index contributed by atoms with van der Waals surface area (Å²) in [6.07, 6.45) is 2.36. The van der Waals surface area contributed by atoms with E-state index in [-0.39, 0.29) is 36.9 Å². The van der Waals surface area contributed by atoms with Crippen LogP contribution in [0.2, 0.25) is 0 Å². The molecule has 0 atom stereocenters. The molecule has 3 rings (SSSR count). The lowest BCUT2D eigenvalue weighted by Gasteiger charge is -2.19. The molecule has 3 heterocycles. The molecule has 0 unspecified atom stereocenters. The third kappa shape index (κ3) is 5.12. The van der Waals surface area contributed by atoms with Gasteiger partial charge in [0.25, 0.3) is 0 Å². The van der Waals surface area contributed by atoms with E-state index >= 15 is 0 Å². The van der Waals surface area contributed by atoms with E-state index < -0.39 is 0 Å². The fourth-order valence-electron chi connectivity index (χ4n) is 2.89. The quantitative estimate of drug-likeness (QED) is 0.731. The van der Waals surface area contributed by atoms with Crippen LogP contribution in [0.5, 0.6) is 0 Å². The number of piperidine rings is 1. The van der Waals surface area contributed by atoms with Crippen molar-refractivity contribution in [3.63, 3.8) is 0 Å². The number of hydrogen-bond acceptors (Lipinski definition) is 6. The molecule has 26 heavy (non-hydrogen) atoms. The van der Waals surface area contributed by atoms with Gasteiger partial charge in [-0.3, -0.25) is 14.9 Å². The Morgan fingerprint density at radius 1 is 1.31 bits per heavy atom. The third-order valence-corrected chi connectivity index (χ3v) is 5.37. The van der Waals surface area contributed by atoms with E-state index in [1.54, 1.807) is 11.7 Å². The summed E-state index contributed by atoms with van der Waals surface area (Å²) in [5.74, 6) is 1.35. The highest BCUT2D eigenvalue weighted by molar-refractivity contribution is 7.14. The molecule has 9 heteroatoms. The molecule has 0 spiro atoms. The van der Waals surface area contributed by atoms with Crippen LogP contribution in [0, 0.1) is 6.92 Å². The molecule has 0 saturated carbocycles. The van der Waals surface area contributed by atoms with Gasteiger partial charge in [0.1, 0.15) is 0 Å². The second-order valence-electron chi connectivity index (χ2n) is 6.32. The minimum Gasteiger partial charge on any atom is -0.317 e.